The quantitative estimate of drug-likeness (QED) is 0.429. The van der Waals surface area contributed by atoms with E-state index in [1.54, 1.807) is 4.90 Å². The molecule has 2 aliphatic heterocycles. The summed E-state index contributed by atoms with van der Waals surface area (Å²) in [5.74, 6) is 2.68. The zero-order valence-electron chi connectivity index (χ0n) is 17.4. The third-order valence-corrected chi connectivity index (χ3v) is 5.18. The highest BCUT2D eigenvalue weighted by Crippen LogP contribution is 2.35. The summed E-state index contributed by atoms with van der Waals surface area (Å²) < 4.78 is 22.4. The van der Waals surface area contributed by atoms with Crippen molar-refractivity contribution in [3.8, 4) is 18.1 Å². The summed E-state index contributed by atoms with van der Waals surface area (Å²) >= 11 is 0. The van der Waals surface area contributed by atoms with Gasteiger partial charge in [0.05, 0.1) is 13.2 Å². The maximum absolute atomic E-state index is 12.2. The van der Waals surface area contributed by atoms with E-state index in [1.165, 1.54) is 0 Å². The molecule has 2 aliphatic rings. The van der Waals surface area contributed by atoms with Gasteiger partial charge in [-0.3, -0.25) is 0 Å². The number of carbonyl (C=O) groups excluding carboxylic acids is 1. The van der Waals surface area contributed by atoms with Crippen LogP contribution in [0.2, 0.25) is 0 Å². The number of ether oxygens (including phenoxy) is 4. The number of terminal acetylenes is 1. The molecule has 158 valence electrons. The normalized spacial score (nSPS) is 20.0. The maximum Gasteiger partial charge on any atom is 0.410 e. The molecule has 1 saturated heterocycles. The van der Waals surface area contributed by atoms with Gasteiger partial charge in [-0.1, -0.05) is 31.2 Å². The van der Waals surface area contributed by atoms with Crippen LogP contribution < -0.4 is 4.74 Å². The van der Waals surface area contributed by atoms with Gasteiger partial charge in [-0.05, 0) is 30.5 Å². The van der Waals surface area contributed by atoms with E-state index in [1.807, 2.05) is 32.0 Å². The minimum absolute atomic E-state index is 0.232. The van der Waals surface area contributed by atoms with E-state index >= 15 is 0 Å². The third-order valence-electron chi connectivity index (χ3n) is 5.18. The molecule has 2 heterocycles. The van der Waals surface area contributed by atoms with Gasteiger partial charge in [0.2, 0.25) is 5.79 Å². The summed E-state index contributed by atoms with van der Waals surface area (Å²) in [5.41, 5.74) is 1.97. The number of hydrogen-bond donors (Lipinski definition) is 0. The number of hydrogen-bond acceptors (Lipinski definition) is 5. The third kappa shape index (κ3) is 6.12. The van der Waals surface area contributed by atoms with E-state index in [9.17, 15) is 4.79 Å². The number of cyclic esters (lactones) is 1. The van der Waals surface area contributed by atoms with Gasteiger partial charge in [-0.2, -0.15) is 0 Å². The van der Waals surface area contributed by atoms with E-state index in [4.69, 9.17) is 25.4 Å². The molecule has 0 spiro atoms. The predicted octanol–water partition coefficient (Wildman–Crippen LogP) is 4.43. The van der Waals surface area contributed by atoms with Gasteiger partial charge >= 0.3 is 6.09 Å². The average molecular weight is 402 g/mol. The first-order valence-corrected chi connectivity index (χ1v) is 10.4. The Morgan fingerprint density at radius 1 is 1.24 bits per heavy atom. The molecule has 0 saturated carbocycles. The Kier molecular flexibility index (Phi) is 7.40. The largest absolute Gasteiger partial charge is 0.463 e. The van der Waals surface area contributed by atoms with Crippen molar-refractivity contribution in [3.63, 3.8) is 0 Å². The van der Waals surface area contributed by atoms with E-state index in [2.05, 4.69) is 5.92 Å². The van der Waals surface area contributed by atoms with Gasteiger partial charge in [0.25, 0.3) is 0 Å². The second-order valence-corrected chi connectivity index (χ2v) is 8.00. The zero-order chi connectivity index (χ0) is 20.7. The number of fused-ring (bicyclic) bond motifs is 1. The molecule has 1 fully saturated rings. The van der Waals surface area contributed by atoms with Crippen molar-refractivity contribution in [2.24, 2.45) is 0 Å². The molecule has 1 aromatic carbocycles. The van der Waals surface area contributed by atoms with Gasteiger partial charge < -0.3 is 23.8 Å². The number of rotatable bonds is 10. The van der Waals surface area contributed by atoms with Crippen molar-refractivity contribution in [1.82, 2.24) is 4.90 Å². The Bertz CT molecular complexity index is 739. The summed E-state index contributed by atoms with van der Waals surface area (Å²) in [6.07, 6.45) is 10.0. The van der Waals surface area contributed by atoms with Crippen LogP contribution in [0.1, 0.15) is 63.2 Å². The van der Waals surface area contributed by atoms with E-state index in [-0.39, 0.29) is 12.2 Å². The van der Waals surface area contributed by atoms with Crippen LogP contribution in [0.3, 0.4) is 0 Å². The Morgan fingerprint density at radius 3 is 2.86 bits per heavy atom. The van der Waals surface area contributed by atoms with Gasteiger partial charge in [0, 0.05) is 32.6 Å². The highest BCUT2D eigenvalue weighted by atomic mass is 16.7. The maximum atomic E-state index is 12.2. The molecule has 0 unspecified atom stereocenters. The van der Waals surface area contributed by atoms with Crippen LogP contribution in [-0.2, 0) is 20.8 Å². The Hall–Kier alpha value is -2.23. The van der Waals surface area contributed by atoms with Gasteiger partial charge in [-0.25, -0.2) is 4.79 Å². The second kappa shape index (κ2) is 10.00. The van der Waals surface area contributed by atoms with Crippen LogP contribution in [0.25, 0.3) is 0 Å². The minimum Gasteiger partial charge on any atom is -0.463 e. The van der Waals surface area contributed by atoms with Crippen molar-refractivity contribution >= 4 is 6.09 Å². The van der Waals surface area contributed by atoms with Crippen LogP contribution >= 0.6 is 0 Å². The van der Waals surface area contributed by atoms with Crippen molar-refractivity contribution in [3.05, 3.63) is 29.3 Å². The average Bonchev–Trinajstić information content (AvgIpc) is 3.06. The lowest BCUT2D eigenvalue weighted by Gasteiger charge is -2.32. The van der Waals surface area contributed by atoms with Crippen LogP contribution in [0.4, 0.5) is 4.79 Å². The lowest BCUT2D eigenvalue weighted by Crippen LogP contribution is -2.35. The molecule has 0 bridgehead atoms. The number of benzene rings is 1. The molecule has 6 heteroatoms. The number of carbonyl (C=O) groups is 1. The highest BCUT2D eigenvalue weighted by Gasteiger charge is 2.33. The van der Waals surface area contributed by atoms with Gasteiger partial charge in [-0.15, -0.1) is 6.42 Å². The van der Waals surface area contributed by atoms with E-state index in [0.29, 0.717) is 19.8 Å². The van der Waals surface area contributed by atoms with Crippen molar-refractivity contribution in [2.45, 2.75) is 64.4 Å². The summed E-state index contributed by atoms with van der Waals surface area (Å²) in [5, 5.41) is 0. The number of amides is 1. The minimum atomic E-state index is -0.611. The molecular formula is C23H31NO5. The van der Waals surface area contributed by atoms with Crippen LogP contribution in [0.5, 0.6) is 5.75 Å². The van der Waals surface area contributed by atoms with E-state index in [0.717, 1.165) is 62.1 Å². The molecule has 0 aromatic heterocycles. The molecular weight excluding hydrogens is 370 g/mol. The molecule has 3 rings (SSSR count). The highest BCUT2D eigenvalue weighted by molar-refractivity contribution is 5.70. The molecule has 0 radical (unpaired) electrons. The fourth-order valence-corrected chi connectivity index (χ4v) is 3.59. The van der Waals surface area contributed by atoms with Crippen molar-refractivity contribution < 1.29 is 23.7 Å². The van der Waals surface area contributed by atoms with Crippen molar-refractivity contribution in [2.75, 3.05) is 26.3 Å². The van der Waals surface area contributed by atoms with Crippen molar-refractivity contribution in [1.29, 1.82) is 0 Å². The van der Waals surface area contributed by atoms with Gasteiger partial charge in [0.1, 0.15) is 18.5 Å². The summed E-state index contributed by atoms with van der Waals surface area (Å²) in [6.45, 7) is 6.72. The summed E-state index contributed by atoms with van der Waals surface area (Å²) in [4.78, 5) is 14.0. The standard InChI is InChI=1S/C23H31NO5/c1-4-13-26-14-9-7-5-6-8-12-24-16-21(28-22(24)25)18-10-11-20-19(15-18)17-27-23(2,3)29-20/h1,10-11,15,21H,5-9,12-14,16-17H2,2-3H3/t21-/m0/s1. The molecule has 0 N–H and O–H groups in total. The summed E-state index contributed by atoms with van der Waals surface area (Å²) in [6, 6.07) is 5.94. The number of nitrogens with zero attached hydrogens (tertiary/aromatic N) is 1. The first-order valence-electron chi connectivity index (χ1n) is 10.4. The molecule has 1 amide bonds. The fourth-order valence-electron chi connectivity index (χ4n) is 3.59. The Balaban J connectivity index is 1.40. The SMILES string of the molecule is C#CCOCCCCCCCN1C[C@@H](c2ccc3c(c2)COC(C)(C)O3)OC1=O. The van der Waals surface area contributed by atoms with Crippen LogP contribution in [0.15, 0.2) is 18.2 Å². The van der Waals surface area contributed by atoms with E-state index < -0.39 is 5.79 Å². The molecule has 1 aromatic rings. The second-order valence-electron chi connectivity index (χ2n) is 8.00. The first-order chi connectivity index (χ1) is 14.0. The first kappa shape index (κ1) is 21.5. The monoisotopic (exact) mass is 401 g/mol. The summed E-state index contributed by atoms with van der Waals surface area (Å²) in [7, 11) is 0. The lowest BCUT2D eigenvalue weighted by molar-refractivity contribution is -0.180. The van der Waals surface area contributed by atoms with Crippen LogP contribution in [0, 0.1) is 12.3 Å². The Morgan fingerprint density at radius 2 is 2.03 bits per heavy atom. The zero-order valence-corrected chi connectivity index (χ0v) is 17.4. The fraction of sp³-hybridized carbons (Fsp3) is 0.609. The smallest absolute Gasteiger partial charge is 0.410 e. The predicted molar refractivity (Wildman–Crippen MR) is 109 cm³/mol. The Labute approximate surface area is 173 Å². The lowest BCUT2D eigenvalue weighted by atomic mass is 10.0. The molecule has 29 heavy (non-hydrogen) atoms. The molecule has 1 atom stereocenters. The molecule has 6 nitrogen and oxygen atoms in total. The molecule has 0 aliphatic carbocycles. The number of unbranched alkanes of at least 4 members (excludes halogenated alkanes) is 4. The van der Waals surface area contributed by atoms with Crippen LogP contribution in [-0.4, -0.2) is 43.1 Å². The van der Waals surface area contributed by atoms with Gasteiger partial charge in [0.15, 0.2) is 0 Å². The topological polar surface area (TPSA) is 57.2 Å².